The Labute approximate surface area is 161 Å². The summed E-state index contributed by atoms with van der Waals surface area (Å²) in [4.78, 5) is 13.0. The number of aromatic hydroxyl groups is 1. The molecule has 1 fully saturated rings. The highest BCUT2D eigenvalue weighted by Gasteiger charge is 2.27. The first-order chi connectivity index (χ1) is 12.9. The van der Waals surface area contributed by atoms with Gasteiger partial charge in [-0.15, -0.1) is 11.3 Å². The van der Waals surface area contributed by atoms with Crippen molar-refractivity contribution in [3.05, 3.63) is 40.8 Å². The number of amides is 1. The number of nitrogens with zero attached hydrogens (tertiary/aromatic N) is 1. The molecule has 1 aromatic heterocycles. The molecule has 146 valence electrons. The predicted octanol–water partition coefficient (Wildman–Crippen LogP) is 1.41. The van der Waals surface area contributed by atoms with E-state index in [0.29, 0.717) is 36.9 Å². The quantitative estimate of drug-likeness (QED) is 0.743. The maximum atomic E-state index is 12.6. The van der Waals surface area contributed by atoms with E-state index in [2.05, 4.69) is 5.32 Å². The van der Waals surface area contributed by atoms with Gasteiger partial charge in [-0.25, -0.2) is 8.42 Å². The number of ether oxygens (including phenoxy) is 2. The van der Waals surface area contributed by atoms with Crippen molar-refractivity contribution < 1.29 is 27.8 Å². The Morgan fingerprint density at radius 3 is 2.74 bits per heavy atom. The fraction of sp³-hybridized carbons (Fsp3) is 0.353. The van der Waals surface area contributed by atoms with E-state index in [4.69, 9.17) is 9.47 Å². The fourth-order valence-electron chi connectivity index (χ4n) is 2.59. The lowest BCUT2D eigenvalue weighted by Crippen LogP contribution is -2.40. The van der Waals surface area contributed by atoms with Crippen molar-refractivity contribution in [1.82, 2.24) is 9.62 Å². The number of methoxy groups -OCH3 is 1. The van der Waals surface area contributed by atoms with Gasteiger partial charge < -0.3 is 19.9 Å². The Morgan fingerprint density at radius 1 is 1.30 bits per heavy atom. The molecule has 0 unspecified atom stereocenters. The van der Waals surface area contributed by atoms with Gasteiger partial charge in [0.15, 0.2) is 0 Å². The van der Waals surface area contributed by atoms with Gasteiger partial charge in [0, 0.05) is 18.0 Å². The minimum absolute atomic E-state index is 0.0899. The first kappa shape index (κ1) is 19.6. The highest BCUT2D eigenvalue weighted by molar-refractivity contribution is 7.91. The molecular weight excluding hydrogens is 392 g/mol. The molecule has 0 atom stereocenters. The monoisotopic (exact) mass is 412 g/mol. The highest BCUT2D eigenvalue weighted by Crippen LogP contribution is 2.26. The SMILES string of the molecule is COc1ccc(O)c(C(=O)NCc2ccc(S(=O)(=O)N3CCOCC3)s2)c1. The van der Waals surface area contributed by atoms with E-state index < -0.39 is 15.9 Å². The second-order valence-electron chi connectivity index (χ2n) is 5.80. The number of nitrogens with one attached hydrogen (secondary N) is 1. The molecule has 1 aromatic carbocycles. The Hall–Kier alpha value is -2.14. The van der Waals surface area contributed by atoms with Crippen LogP contribution in [0.25, 0.3) is 0 Å². The molecule has 1 aliphatic rings. The summed E-state index contributed by atoms with van der Waals surface area (Å²) in [7, 11) is -2.08. The smallest absolute Gasteiger partial charge is 0.255 e. The third-order valence-corrected chi connectivity index (χ3v) is 7.52. The lowest BCUT2D eigenvalue weighted by molar-refractivity contribution is 0.0731. The Bertz CT molecular complexity index is 919. The number of carbonyl (C=O) groups excluding carboxylic acids is 1. The molecule has 0 radical (unpaired) electrons. The Morgan fingerprint density at radius 2 is 2.04 bits per heavy atom. The summed E-state index contributed by atoms with van der Waals surface area (Å²) in [5, 5.41) is 12.5. The third-order valence-electron chi connectivity index (χ3n) is 4.07. The van der Waals surface area contributed by atoms with E-state index in [0.717, 1.165) is 11.3 Å². The molecule has 1 amide bonds. The van der Waals surface area contributed by atoms with E-state index in [1.807, 2.05) is 0 Å². The molecule has 1 aliphatic heterocycles. The van der Waals surface area contributed by atoms with Gasteiger partial charge >= 0.3 is 0 Å². The van der Waals surface area contributed by atoms with Gasteiger partial charge in [-0.3, -0.25) is 4.79 Å². The van der Waals surface area contributed by atoms with Crippen molar-refractivity contribution in [2.24, 2.45) is 0 Å². The molecule has 27 heavy (non-hydrogen) atoms. The fourth-order valence-corrected chi connectivity index (χ4v) is 5.45. The van der Waals surface area contributed by atoms with E-state index in [1.54, 1.807) is 18.2 Å². The number of sulfonamides is 1. The summed E-state index contributed by atoms with van der Waals surface area (Å²) in [5.74, 6) is -0.180. The molecular formula is C17H20N2O6S2. The summed E-state index contributed by atoms with van der Waals surface area (Å²) in [5.41, 5.74) is 0.0899. The maximum absolute atomic E-state index is 12.6. The molecule has 10 heteroatoms. The second kappa shape index (κ2) is 8.26. The van der Waals surface area contributed by atoms with Gasteiger partial charge in [0.1, 0.15) is 15.7 Å². The Balaban J connectivity index is 1.67. The molecule has 2 N–H and O–H groups in total. The topological polar surface area (TPSA) is 105 Å². The first-order valence-corrected chi connectivity index (χ1v) is 10.5. The number of rotatable bonds is 6. The minimum Gasteiger partial charge on any atom is -0.507 e. The number of carbonyl (C=O) groups is 1. The molecule has 8 nitrogen and oxygen atoms in total. The zero-order valence-corrected chi connectivity index (χ0v) is 16.3. The van der Waals surface area contributed by atoms with Crippen LogP contribution in [0.2, 0.25) is 0 Å². The number of hydrogen-bond donors (Lipinski definition) is 2. The number of hydrogen-bond acceptors (Lipinski definition) is 7. The van der Waals surface area contributed by atoms with Gasteiger partial charge in [-0.2, -0.15) is 4.31 Å². The zero-order chi connectivity index (χ0) is 19.4. The number of morpholine rings is 1. The number of benzene rings is 1. The van der Waals surface area contributed by atoms with Crippen molar-refractivity contribution >= 4 is 27.3 Å². The van der Waals surface area contributed by atoms with Crippen molar-refractivity contribution in [2.45, 2.75) is 10.8 Å². The van der Waals surface area contributed by atoms with Gasteiger partial charge in [0.05, 0.1) is 32.4 Å². The normalized spacial score (nSPS) is 15.4. The molecule has 3 rings (SSSR count). The van der Waals surface area contributed by atoms with Crippen molar-refractivity contribution in [3.63, 3.8) is 0 Å². The Kier molecular flexibility index (Phi) is 6.00. The van der Waals surface area contributed by atoms with Crippen LogP contribution in [0.3, 0.4) is 0 Å². The molecule has 0 bridgehead atoms. The number of phenolic OH excluding ortho intramolecular Hbond substituents is 1. The zero-order valence-electron chi connectivity index (χ0n) is 14.7. The minimum atomic E-state index is -3.55. The van der Waals surface area contributed by atoms with Gasteiger partial charge in [-0.1, -0.05) is 0 Å². The van der Waals surface area contributed by atoms with Crippen LogP contribution in [0.1, 0.15) is 15.2 Å². The summed E-state index contributed by atoms with van der Waals surface area (Å²) in [6, 6.07) is 7.58. The first-order valence-electron chi connectivity index (χ1n) is 8.23. The molecule has 1 saturated heterocycles. The van der Waals surface area contributed by atoms with E-state index >= 15 is 0 Å². The number of phenols is 1. The van der Waals surface area contributed by atoms with Crippen molar-refractivity contribution in [1.29, 1.82) is 0 Å². The van der Waals surface area contributed by atoms with Crippen molar-refractivity contribution in [2.75, 3.05) is 33.4 Å². The van der Waals surface area contributed by atoms with Crippen LogP contribution in [-0.2, 0) is 21.3 Å². The average molecular weight is 412 g/mol. The largest absolute Gasteiger partial charge is 0.507 e. The molecule has 0 spiro atoms. The van der Waals surface area contributed by atoms with Crippen LogP contribution in [0, 0.1) is 0 Å². The van der Waals surface area contributed by atoms with Crippen LogP contribution in [-0.4, -0.2) is 57.1 Å². The highest BCUT2D eigenvalue weighted by atomic mass is 32.2. The van der Waals surface area contributed by atoms with Crippen molar-refractivity contribution in [3.8, 4) is 11.5 Å². The third kappa shape index (κ3) is 4.41. The van der Waals surface area contributed by atoms with Crippen LogP contribution >= 0.6 is 11.3 Å². The lowest BCUT2D eigenvalue weighted by atomic mass is 10.1. The molecule has 0 saturated carbocycles. The van der Waals surface area contributed by atoms with Gasteiger partial charge in [0.2, 0.25) is 0 Å². The lowest BCUT2D eigenvalue weighted by Gasteiger charge is -2.25. The van der Waals surface area contributed by atoms with Crippen LogP contribution < -0.4 is 10.1 Å². The van der Waals surface area contributed by atoms with Crippen LogP contribution in [0.5, 0.6) is 11.5 Å². The summed E-state index contributed by atoms with van der Waals surface area (Å²) in [6.45, 7) is 1.59. The van der Waals surface area contributed by atoms with E-state index in [1.165, 1.54) is 23.5 Å². The molecule has 2 heterocycles. The summed E-state index contributed by atoms with van der Waals surface area (Å²) >= 11 is 1.11. The van der Waals surface area contributed by atoms with Gasteiger partial charge in [0.25, 0.3) is 15.9 Å². The standard InChI is InChI=1S/C17H20N2O6S2/c1-24-12-2-4-15(20)14(10-12)17(21)18-11-13-3-5-16(26-13)27(22,23)19-6-8-25-9-7-19/h2-5,10,20H,6-9,11H2,1H3,(H,18,21). The maximum Gasteiger partial charge on any atom is 0.255 e. The summed E-state index contributed by atoms with van der Waals surface area (Å²) < 4.78 is 37.1. The van der Waals surface area contributed by atoms with E-state index in [-0.39, 0.29) is 22.1 Å². The van der Waals surface area contributed by atoms with Crippen LogP contribution in [0.15, 0.2) is 34.5 Å². The van der Waals surface area contributed by atoms with Gasteiger partial charge in [-0.05, 0) is 30.3 Å². The molecule has 2 aromatic rings. The average Bonchev–Trinajstić information content (AvgIpc) is 3.17. The predicted molar refractivity (Wildman–Crippen MR) is 99.7 cm³/mol. The number of thiophene rings is 1. The van der Waals surface area contributed by atoms with E-state index in [9.17, 15) is 18.3 Å². The van der Waals surface area contributed by atoms with Crippen LogP contribution in [0.4, 0.5) is 0 Å². The second-order valence-corrected chi connectivity index (χ2v) is 9.14. The summed E-state index contributed by atoms with van der Waals surface area (Å²) in [6.07, 6.45) is 0. The molecule has 0 aliphatic carbocycles.